The Morgan fingerprint density at radius 2 is 1.64 bits per heavy atom. The largest absolute Gasteiger partial charge is 0.497 e. The molecule has 1 unspecified atom stereocenters. The fourth-order valence-electron chi connectivity index (χ4n) is 5.40. The van der Waals surface area contributed by atoms with Crippen molar-refractivity contribution >= 4 is 22.7 Å². The molecule has 1 aliphatic heterocycles. The van der Waals surface area contributed by atoms with Crippen molar-refractivity contribution in [1.82, 2.24) is 18.9 Å². The minimum atomic E-state index is -0.475. The second-order valence-corrected chi connectivity index (χ2v) is 9.89. The molecule has 10 nitrogen and oxygen atoms in total. The minimum Gasteiger partial charge on any atom is -0.497 e. The van der Waals surface area contributed by atoms with Crippen LogP contribution < -0.4 is 16.0 Å². The van der Waals surface area contributed by atoms with E-state index in [1.165, 1.54) is 16.2 Å². The quantitative estimate of drug-likeness (QED) is 0.591. The van der Waals surface area contributed by atoms with Crippen LogP contribution in [0.25, 0.3) is 10.9 Å². The number of amides is 2. The average Bonchev–Trinajstić information content (AvgIpc) is 2.93. The van der Waals surface area contributed by atoms with Crippen molar-refractivity contribution in [2.45, 2.75) is 45.3 Å². The summed E-state index contributed by atoms with van der Waals surface area (Å²) in [6.45, 7) is 4.19. The number of hydrogen-bond acceptors (Lipinski definition) is 6. The molecule has 1 saturated carbocycles. The van der Waals surface area contributed by atoms with Crippen LogP contribution in [0.3, 0.4) is 0 Å². The molecule has 10 heteroatoms. The van der Waals surface area contributed by atoms with Gasteiger partial charge in [-0.2, -0.15) is 0 Å². The molecular weight excluding hydrogens is 464 g/mol. The van der Waals surface area contributed by atoms with E-state index in [0.717, 1.165) is 25.7 Å². The lowest BCUT2D eigenvalue weighted by molar-refractivity contribution is -0.147. The number of piperazine rings is 1. The Morgan fingerprint density at radius 1 is 1.00 bits per heavy atom. The van der Waals surface area contributed by atoms with Crippen molar-refractivity contribution in [3.63, 3.8) is 0 Å². The van der Waals surface area contributed by atoms with Gasteiger partial charge in [-0.3, -0.25) is 23.5 Å². The number of carbonyl (C=O) groups excluding carboxylic acids is 2. The van der Waals surface area contributed by atoms with Crippen LogP contribution in [-0.4, -0.2) is 77.3 Å². The lowest BCUT2D eigenvalue weighted by Crippen LogP contribution is -2.54. The molecule has 2 fully saturated rings. The molecule has 2 aromatic rings. The summed E-state index contributed by atoms with van der Waals surface area (Å²) in [5.74, 6) is 0.779. The third-order valence-corrected chi connectivity index (χ3v) is 7.80. The predicted molar refractivity (Wildman–Crippen MR) is 135 cm³/mol. The molecule has 36 heavy (non-hydrogen) atoms. The fourth-order valence-corrected chi connectivity index (χ4v) is 5.40. The van der Waals surface area contributed by atoms with Gasteiger partial charge < -0.3 is 19.3 Å². The van der Waals surface area contributed by atoms with Crippen LogP contribution >= 0.6 is 0 Å². The van der Waals surface area contributed by atoms with Crippen LogP contribution in [-0.2, 0) is 27.9 Å². The molecule has 1 aliphatic carbocycles. The Kier molecular flexibility index (Phi) is 7.82. The number of fused-ring (bicyclic) bond motifs is 1. The van der Waals surface area contributed by atoms with E-state index >= 15 is 0 Å². The van der Waals surface area contributed by atoms with Crippen LogP contribution in [0.15, 0.2) is 27.8 Å². The van der Waals surface area contributed by atoms with Gasteiger partial charge in [0.15, 0.2) is 0 Å². The van der Waals surface area contributed by atoms with Crippen LogP contribution in [0.4, 0.5) is 0 Å². The molecule has 196 valence electrons. The highest BCUT2D eigenvalue weighted by atomic mass is 16.5. The van der Waals surface area contributed by atoms with Gasteiger partial charge in [0.1, 0.15) is 11.9 Å². The van der Waals surface area contributed by atoms with E-state index < -0.39 is 6.10 Å². The number of methoxy groups -OCH3 is 2. The first-order valence-corrected chi connectivity index (χ1v) is 12.6. The second-order valence-electron chi connectivity index (χ2n) is 9.89. The summed E-state index contributed by atoms with van der Waals surface area (Å²) >= 11 is 0. The minimum absolute atomic E-state index is 0.0429. The smallest absolute Gasteiger partial charge is 0.331 e. The summed E-state index contributed by atoms with van der Waals surface area (Å²) < 4.78 is 13.2. The van der Waals surface area contributed by atoms with Gasteiger partial charge in [0.25, 0.3) is 11.5 Å². The van der Waals surface area contributed by atoms with E-state index in [1.807, 2.05) is 4.90 Å². The van der Waals surface area contributed by atoms with E-state index in [0.29, 0.717) is 49.4 Å². The normalized spacial score (nSPS) is 21.4. The number of hydrogen-bond donors (Lipinski definition) is 0. The number of aryl methyl sites for hydroxylation is 1. The molecule has 1 saturated heterocycles. The summed E-state index contributed by atoms with van der Waals surface area (Å²) in [5.41, 5.74) is -0.0543. The van der Waals surface area contributed by atoms with E-state index in [1.54, 1.807) is 44.2 Å². The number of carbonyl (C=O) groups is 2. The van der Waals surface area contributed by atoms with Crippen molar-refractivity contribution < 1.29 is 19.1 Å². The lowest BCUT2D eigenvalue weighted by atomic mass is 9.81. The molecule has 1 aromatic heterocycles. The topological polar surface area (TPSA) is 103 Å². The van der Waals surface area contributed by atoms with E-state index in [9.17, 15) is 19.2 Å². The number of nitrogens with zero attached hydrogens (tertiary/aromatic N) is 4. The van der Waals surface area contributed by atoms with Gasteiger partial charge in [-0.25, -0.2) is 4.79 Å². The Hall–Kier alpha value is -3.14. The zero-order valence-electron chi connectivity index (χ0n) is 21.6. The highest BCUT2D eigenvalue weighted by Gasteiger charge is 2.33. The molecule has 0 N–H and O–H groups in total. The van der Waals surface area contributed by atoms with Gasteiger partial charge >= 0.3 is 5.69 Å². The van der Waals surface area contributed by atoms with Gasteiger partial charge in [0.05, 0.1) is 18.0 Å². The summed E-state index contributed by atoms with van der Waals surface area (Å²) in [4.78, 5) is 55.2. The average molecular weight is 501 g/mol. The van der Waals surface area contributed by atoms with Gasteiger partial charge in [-0.1, -0.05) is 0 Å². The summed E-state index contributed by atoms with van der Waals surface area (Å²) in [6.07, 6.45) is 2.56. The molecule has 1 aromatic carbocycles. The lowest BCUT2D eigenvalue weighted by Gasteiger charge is -2.38. The monoisotopic (exact) mass is 500 g/mol. The molecule has 1 atom stereocenters. The molecule has 0 bridgehead atoms. The summed E-state index contributed by atoms with van der Waals surface area (Å²) in [5, 5.41) is 0.456. The molecule has 0 spiro atoms. The number of rotatable bonds is 6. The number of aromatic nitrogens is 2. The molecule has 2 amide bonds. The maximum Gasteiger partial charge on any atom is 0.331 e. The first kappa shape index (κ1) is 25.9. The van der Waals surface area contributed by atoms with Gasteiger partial charge in [-0.05, 0) is 56.7 Å². The van der Waals surface area contributed by atoms with Gasteiger partial charge in [0, 0.05) is 52.8 Å². The maximum absolute atomic E-state index is 13.2. The fraction of sp³-hybridized carbons (Fsp3) is 0.615. The Morgan fingerprint density at radius 3 is 2.25 bits per heavy atom. The van der Waals surface area contributed by atoms with E-state index in [4.69, 9.17) is 9.47 Å². The third kappa shape index (κ3) is 5.04. The maximum atomic E-state index is 13.2. The second kappa shape index (κ2) is 10.9. The number of benzene rings is 1. The van der Waals surface area contributed by atoms with Crippen molar-refractivity contribution in [2.75, 3.05) is 40.4 Å². The highest BCUT2D eigenvalue weighted by Crippen LogP contribution is 2.31. The van der Waals surface area contributed by atoms with Crippen LogP contribution in [0.5, 0.6) is 5.75 Å². The zero-order chi connectivity index (χ0) is 26.0. The first-order valence-electron chi connectivity index (χ1n) is 12.6. The third-order valence-electron chi connectivity index (χ3n) is 7.80. The summed E-state index contributed by atoms with van der Waals surface area (Å²) in [7, 11) is 4.73. The van der Waals surface area contributed by atoms with Crippen molar-refractivity contribution in [3.05, 3.63) is 39.0 Å². The molecular formula is C26H36N4O6. The molecule has 2 heterocycles. The predicted octanol–water partition coefficient (Wildman–Crippen LogP) is 1.22. The highest BCUT2D eigenvalue weighted by molar-refractivity contribution is 5.82. The number of ether oxygens (including phenoxy) is 2. The first-order chi connectivity index (χ1) is 17.2. The summed E-state index contributed by atoms with van der Waals surface area (Å²) in [6, 6.07) is 5.14. The zero-order valence-corrected chi connectivity index (χ0v) is 21.6. The Balaban J connectivity index is 1.37. The van der Waals surface area contributed by atoms with Crippen LogP contribution in [0, 0.1) is 11.8 Å². The van der Waals surface area contributed by atoms with E-state index in [-0.39, 0.29) is 34.9 Å². The van der Waals surface area contributed by atoms with E-state index in [2.05, 4.69) is 0 Å². The SMILES string of the molecule is COc1ccc2c(c1)c(=O)n(C[C@H]1CC[C@H](C(=O)N3CCN(C(=O)C(C)OC)CC3)CC1)c(=O)n2C. The van der Waals surface area contributed by atoms with Gasteiger partial charge in [0.2, 0.25) is 5.91 Å². The Bertz CT molecular complexity index is 1240. The van der Waals surface area contributed by atoms with Crippen LogP contribution in [0.1, 0.15) is 32.6 Å². The molecule has 0 radical (unpaired) electrons. The standard InChI is InChI=1S/C26H36N4O6/c1-17(35-3)23(31)28-11-13-29(14-12-28)24(32)19-7-5-18(6-8-19)16-30-25(33)21-15-20(36-4)9-10-22(21)27(2)26(30)34/h9-10,15,17-19H,5-8,11-14,16H2,1-4H3/t17?,18-,19-. The van der Waals surface area contributed by atoms with Crippen molar-refractivity contribution in [3.8, 4) is 5.75 Å². The molecule has 4 rings (SSSR count). The molecule has 2 aliphatic rings. The van der Waals surface area contributed by atoms with Crippen molar-refractivity contribution in [1.29, 1.82) is 0 Å². The van der Waals surface area contributed by atoms with Crippen molar-refractivity contribution in [2.24, 2.45) is 18.9 Å². The Labute approximate surface area is 210 Å². The van der Waals surface area contributed by atoms with Crippen LogP contribution in [0.2, 0.25) is 0 Å². The van der Waals surface area contributed by atoms with Gasteiger partial charge in [-0.15, -0.1) is 0 Å².